The summed E-state index contributed by atoms with van der Waals surface area (Å²) in [5, 5.41) is 12.7. The number of para-hydroxylation sites is 1. The smallest absolute Gasteiger partial charge is 0.254 e. The van der Waals surface area contributed by atoms with Gasteiger partial charge in [0.05, 0.1) is 11.8 Å². The highest BCUT2D eigenvalue weighted by atomic mass is 32.2. The molecule has 7 nitrogen and oxygen atoms in total. The van der Waals surface area contributed by atoms with Crippen molar-refractivity contribution in [2.75, 3.05) is 17.6 Å². The average molecular weight is 492 g/mol. The SMILES string of the molecule is CCc1cccc(C)c1NC(=O)CSc1nnc(C2CCCN2C(=O)c2ccc(C)cc2)n1CC. The van der Waals surface area contributed by atoms with E-state index in [2.05, 4.69) is 22.4 Å². The van der Waals surface area contributed by atoms with Crippen LogP contribution in [-0.4, -0.2) is 43.8 Å². The fourth-order valence-electron chi connectivity index (χ4n) is 4.60. The number of thioether (sulfide) groups is 1. The van der Waals surface area contributed by atoms with E-state index in [1.54, 1.807) is 0 Å². The summed E-state index contributed by atoms with van der Waals surface area (Å²) < 4.78 is 2.04. The molecule has 3 aromatic rings. The first-order valence-electron chi connectivity index (χ1n) is 12.2. The molecule has 1 aliphatic rings. The first-order valence-corrected chi connectivity index (χ1v) is 13.2. The Hall–Kier alpha value is -3.13. The van der Waals surface area contributed by atoms with E-state index in [1.807, 2.05) is 72.7 Å². The van der Waals surface area contributed by atoms with Gasteiger partial charge in [0.1, 0.15) is 0 Å². The molecule has 0 spiro atoms. The third kappa shape index (κ3) is 5.42. The van der Waals surface area contributed by atoms with Gasteiger partial charge in [-0.05, 0) is 63.3 Å². The first-order chi connectivity index (χ1) is 16.9. The number of carbonyl (C=O) groups excluding carboxylic acids is 2. The summed E-state index contributed by atoms with van der Waals surface area (Å²) in [6.07, 6.45) is 2.64. The van der Waals surface area contributed by atoms with Gasteiger partial charge in [0.2, 0.25) is 5.91 Å². The highest BCUT2D eigenvalue weighted by molar-refractivity contribution is 7.99. The number of likely N-dealkylation sites (tertiary alicyclic amines) is 1. The number of hydrogen-bond acceptors (Lipinski definition) is 5. The van der Waals surface area contributed by atoms with Gasteiger partial charge in [-0.2, -0.15) is 0 Å². The van der Waals surface area contributed by atoms with Crippen molar-refractivity contribution in [3.05, 3.63) is 70.5 Å². The molecule has 8 heteroatoms. The second-order valence-electron chi connectivity index (χ2n) is 8.91. The summed E-state index contributed by atoms with van der Waals surface area (Å²) in [6.45, 7) is 9.52. The lowest BCUT2D eigenvalue weighted by atomic mass is 10.1. The van der Waals surface area contributed by atoms with E-state index in [0.717, 1.165) is 47.5 Å². The number of rotatable bonds is 8. The molecule has 1 atom stereocenters. The predicted octanol–water partition coefficient (Wildman–Crippen LogP) is 5.19. The summed E-state index contributed by atoms with van der Waals surface area (Å²) >= 11 is 1.38. The van der Waals surface area contributed by atoms with Gasteiger partial charge in [-0.1, -0.05) is 54.6 Å². The van der Waals surface area contributed by atoms with E-state index in [0.29, 0.717) is 23.8 Å². The Bertz CT molecular complexity index is 1200. The van der Waals surface area contributed by atoms with Crippen molar-refractivity contribution in [2.24, 2.45) is 0 Å². The van der Waals surface area contributed by atoms with Crippen LogP contribution in [0.4, 0.5) is 5.69 Å². The van der Waals surface area contributed by atoms with Gasteiger partial charge in [-0.25, -0.2) is 0 Å². The maximum absolute atomic E-state index is 13.2. The molecule has 1 unspecified atom stereocenters. The number of carbonyl (C=O) groups is 2. The summed E-state index contributed by atoms with van der Waals surface area (Å²) in [5.41, 5.74) is 4.90. The summed E-state index contributed by atoms with van der Waals surface area (Å²) in [5.74, 6) is 0.993. The minimum atomic E-state index is -0.112. The van der Waals surface area contributed by atoms with Crippen molar-refractivity contribution in [1.82, 2.24) is 19.7 Å². The van der Waals surface area contributed by atoms with Crippen LogP contribution >= 0.6 is 11.8 Å². The lowest BCUT2D eigenvalue weighted by Crippen LogP contribution is -2.32. The highest BCUT2D eigenvalue weighted by Gasteiger charge is 2.34. The normalized spacial score (nSPS) is 15.4. The van der Waals surface area contributed by atoms with Crippen LogP contribution in [0, 0.1) is 13.8 Å². The zero-order chi connectivity index (χ0) is 24.9. The van der Waals surface area contributed by atoms with Crippen LogP contribution in [0.25, 0.3) is 0 Å². The van der Waals surface area contributed by atoms with Crippen LogP contribution in [0.5, 0.6) is 0 Å². The van der Waals surface area contributed by atoms with Crippen molar-refractivity contribution in [3.63, 3.8) is 0 Å². The van der Waals surface area contributed by atoms with Crippen LogP contribution in [0.15, 0.2) is 47.6 Å². The average Bonchev–Trinajstić information content (AvgIpc) is 3.50. The Kier molecular flexibility index (Phi) is 7.90. The van der Waals surface area contributed by atoms with Crippen molar-refractivity contribution >= 4 is 29.3 Å². The third-order valence-electron chi connectivity index (χ3n) is 6.51. The van der Waals surface area contributed by atoms with Crippen LogP contribution in [0.2, 0.25) is 0 Å². The van der Waals surface area contributed by atoms with E-state index in [9.17, 15) is 9.59 Å². The monoisotopic (exact) mass is 491 g/mol. The van der Waals surface area contributed by atoms with Crippen LogP contribution < -0.4 is 5.32 Å². The molecular weight excluding hydrogens is 458 g/mol. The van der Waals surface area contributed by atoms with Gasteiger partial charge in [0.15, 0.2) is 11.0 Å². The second kappa shape index (κ2) is 11.1. The summed E-state index contributed by atoms with van der Waals surface area (Å²) in [6, 6.07) is 13.7. The lowest BCUT2D eigenvalue weighted by Gasteiger charge is -2.24. The van der Waals surface area contributed by atoms with Gasteiger partial charge in [-0.15, -0.1) is 10.2 Å². The van der Waals surface area contributed by atoms with Crippen molar-refractivity contribution in [1.29, 1.82) is 0 Å². The Balaban J connectivity index is 1.46. The molecular formula is C27H33N5O2S. The fourth-order valence-corrected chi connectivity index (χ4v) is 5.41. The third-order valence-corrected chi connectivity index (χ3v) is 7.48. The van der Waals surface area contributed by atoms with E-state index in [1.165, 1.54) is 11.8 Å². The zero-order valence-electron chi connectivity index (χ0n) is 20.9. The molecule has 2 amide bonds. The minimum Gasteiger partial charge on any atom is -0.328 e. The van der Waals surface area contributed by atoms with E-state index in [-0.39, 0.29) is 23.6 Å². The van der Waals surface area contributed by atoms with Gasteiger partial charge in [-0.3, -0.25) is 9.59 Å². The second-order valence-corrected chi connectivity index (χ2v) is 9.85. The topological polar surface area (TPSA) is 80.1 Å². The standard InChI is InChI=1S/C27H33N5O2S/c1-5-20-10-7-9-19(4)24(20)28-23(33)17-35-27-30-29-25(31(27)6-2)22-11-8-16-32(22)26(34)21-14-12-18(3)13-15-21/h7,9-10,12-15,22H,5-6,8,11,16-17H2,1-4H3,(H,28,33). The molecule has 1 aliphatic heterocycles. The highest BCUT2D eigenvalue weighted by Crippen LogP contribution is 2.34. The Morgan fingerprint density at radius 3 is 2.57 bits per heavy atom. The number of aromatic nitrogens is 3. The molecule has 0 saturated carbocycles. The fraction of sp³-hybridized carbons (Fsp3) is 0.407. The Morgan fingerprint density at radius 1 is 1.09 bits per heavy atom. The zero-order valence-corrected chi connectivity index (χ0v) is 21.7. The van der Waals surface area contributed by atoms with Gasteiger partial charge >= 0.3 is 0 Å². The molecule has 1 aromatic heterocycles. The molecule has 0 bridgehead atoms. The Morgan fingerprint density at radius 2 is 1.86 bits per heavy atom. The van der Waals surface area contributed by atoms with Gasteiger partial charge in [0, 0.05) is 24.3 Å². The number of aryl methyl sites for hydroxylation is 3. The molecule has 2 aromatic carbocycles. The van der Waals surface area contributed by atoms with E-state index < -0.39 is 0 Å². The first kappa shape index (κ1) is 25.0. The van der Waals surface area contributed by atoms with Crippen LogP contribution in [0.1, 0.15) is 65.6 Å². The van der Waals surface area contributed by atoms with E-state index in [4.69, 9.17) is 0 Å². The molecule has 1 saturated heterocycles. The van der Waals surface area contributed by atoms with Crippen LogP contribution in [0.3, 0.4) is 0 Å². The quantitative estimate of drug-likeness (QED) is 0.439. The summed E-state index contributed by atoms with van der Waals surface area (Å²) in [7, 11) is 0. The number of amides is 2. The number of hydrogen-bond donors (Lipinski definition) is 1. The number of benzene rings is 2. The predicted molar refractivity (Wildman–Crippen MR) is 140 cm³/mol. The number of nitrogens with one attached hydrogen (secondary N) is 1. The largest absolute Gasteiger partial charge is 0.328 e. The van der Waals surface area contributed by atoms with Gasteiger partial charge in [0.25, 0.3) is 5.91 Å². The molecule has 184 valence electrons. The van der Waals surface area contributed by atoms with Crippen LogP contribution in [-0.2, 0) is 17.8 Å². The molecule has 0 aliphatic carbocycles. The number of nitrogens with zero attached hydrogens (tertiary/aromatic N) is 4. The maximum Gasteiger partial charge on any atom is 0.254 e. The van der Waals surface area contributed by atoms with E-state index >= 15 is 0 Å². The number of anilines is 1. The lowest BCUT2D eigenvalue weighted by molar-refractivity contribution is -0.113. The molecule has 0 radical (unpaired) electrons. The van der Waals surface area contributed by atoms with Crippen molar-refractivity contribution in [3.8, 4) is 0 Å². The molecule has 2 heterocycles. The molecule has 1 fully saturated rings. The van der Waals surface area contributed by atoms with Gasteiger partial charge < -0.3 is 14.8 Å². The van der Waals surface area contributed by atoms with Crippen molar-refractivity contribution < 1.29 is 9.59 Å². The molecule has 35 heavy (non-hydrogen) atoms. The Labute approximate surface area is 211 Å². The molecule has 4 rings (SSSR count). The van der Waals surface area contributed by atoms with Crippen molar-refractivity contribution in [2.45, 2.75) is 64.7 Å². The molecule has 1 N–H and O–H groups in total. The summed E-state index contributed by atoms with van der Waals surface area (Å²) in [4.78, 5) is 27.9. The minimum absolute atomic E-state index is 0.0247. The maximum atomic E-state index is 13.2.